The standard InChI is InChI=1S/C15H17O6P/c16-11-14(17)15(18)22(19,20-12-7-3-1-4-8-12)21-13-9-5-2-6-10-13/h1-10,14-18H,11H2/t14-,15+/m1/s1. The molecular formula is C15H17O6P. The van der Waals surface area contributed by atoms with Gasteiger partial charge in [0.1, 0.15) is 17.6 Å². The first-order chi connectivity index (χ1) is 10.5. The second-order valence-electron chi connectivity index (χ2n) is 4.51. The summed E-state index contributed by atoms with van der Waals surface area (Å²) in [6, 6.07) is 16.3. The number of aliphatic hydroxyl groups excluding tert-OH is 3. The van der Waals surface area contributed by atoms with Gasteiger partial charge >= 0.3 is 7.60 Å². The summed E-state index contributed by atoms with van der Waals surface area (Å²) in [7, 11) is -4.18. The van der Waals surface area contributed by atoms with Gasteiger partial charge < -0.3 is 24.4 Å². The molecule has 2 aromatic carbocycles. The van der Waals surface area contributed by atoms with Gasteiger partial charge in [-0.25, -0.2) is 4.57 Å². The Labute approximate surface area is 128 Å². The Kier molecular flexibility index (Phi) is 5.57. The predicted molar refractivity (Wildman–Crippen MR) is 80.8 cm³/mol. The van der Waals surface area contributed by atoms with Crippen molar-refractivity contribution in [1.29, 1.82) is 0 Å². The molecule has 2 aromatic rings. The van der Waals surface area contributed by atoms with E-state index in [0.29, 0.717) is 0 Å². The van der Waals surface area contributed by atoms with Crippen LogP contribution in [-0.4, -0.2) is 33.9 Å². The van der Waals surface area contributed by atoms with Crippen molar-refractivity contribution < 1.29 is 28.9 Å². The molecule has 118 valence electrons. The van der Waals surface area contributed by atoms with E-state index in [-0.39, 0.29) is 11.5 Å². The molecule has 0 aliphatic rings. The highest BCUT2D eigenvalue weighted by molar-refractivity contribution is 7.55. The fraction of sp³-hybridized carbons (Fsp3) is 0.200. The molecule has 0 fully saturated rings. The summed E-state index contributed by atoms with van der Waals surface area (Å²) in [5.74, 6) is -1.46. The largest absolute Gasteiger partial charge is 0.461 e. The highest BCUT2D eigenvalue weighted by Gasteiger charge is 2.42. The third-order valence-electron chi connectivity index (χ3n) is 2.81. The Balaban J connectivity index is 2.29. The molecule has 3 N–H and O–H groups in total. The van der Waals surface area contributed by atoms with E-state index in [0.717, 1.165) is 0 Å². The minimum Gasteiger partial charge on any atom is -0.414 e. The minimum atomic E-state index is -4.18. The molecule has 0 amide bonds. The SMILES string of the molecule is O=P(Oc1ccccc1)(Oc1ccccc1)[C@H](O)[C@H](O)CO. The molecule has 0 radical (unpaired) electrons. The van der Waals surface area contributed by atoms with Crippen LogP contribution in [0.4, 0.5) is 0 Å². The minimum absolute atomic E-state index is 0.214. The number of rotatable bonds is 7. The van der Waals surface area contributed by atoms with Crippen LogP contribution in [0.3, 0.4) is 0 Å². The van der Waals surface area contributed by atoms with Crippen LogP contribution in [0.15, 0.2) is 60.7 Å². The van der Waals surface area contributed by atoms with Crippen LogP contribution < -0.4 is 9.05 Å². The molecule has 22 heavy (non-hydrogen) atoms. The van der Waals surface area contributed by atoms with Gasteiger partial charge in [0.15, 0.2) is 0 Å². The fourth-order valence-electron chi connectivity index (χ4n) is 1.69. The Morgan fingerprint density at radius 3 is 1.64 bits per heavy atom. The summed E-state index contributed by atoms with van der Waals surface area (Å²) in [6.07, 6.45) is -1.65. The zero-order chi connectivity index (χ0) is 16.0. The van der Waals surface area contributed by atoms with E-state index in [9.17, 15) is 14.8 Å². The van der Waals surface area contributed by atoms with Crippen molar-refractivity contribution in [3.63, 3.8) is 0 Å². The molecule has 0 unspecified atom stereocenters. The Hall–Kier alpha value is -1.85. The molecule has 0 aromatic heterocycles. The molecule has 0 aliphatic carbocycles. The summed E-state index contributed by atoms with van der Waals surface area (Å²) in [5, 5.41) is 28.6. The lowest BCUT2D eigenvalue weighted by atomic mass is 10.3. The number of hydrogen-bond donors (Lipinski definition) is 3. The molecule has 2 atom stereocenters. The van der Waals surface area contributed by atoms with E-state index in [4.69, 9.17) is 14.2 Å². The molecule has 2 rings (SSSR count). The van der Waals surface area contributed by atoms with Crippen molar-refractivity contribution in [1.82, 2.24) is 0 Å². The van der Waals surface area contributed by atoms with Crippen molar-refractivity contribution in [2.75, 3.05) is 6.61 Å². The average Bonchev–Trinajstić information content (AvgIpc) is 2.55. The first kappa shape index (κ1) is 16.5. The maximum atomic E-state index is 12.9. The summed E-state index contributed by atoms with van der Waals surface area (Å²) < 4.78 is 23.5. The van der Waals surface area contributed by atoms with Gasteiger partial charge in [-0.3, -0.25) is 0 Å². The summed E-state index contributed by atoms with van der Waals surface area (Å²) >= 11 is 0. The van der Waals surface area contributed by atoms with Crippen LogP contribution in [-0.2, 0) is 4.57 Å². The zero-order valence-electron chi connectivity index (χ0n) is 11.6. The number of aliphatic hydroxyl groups is 3. The Morgan fingerprint density at radius 1 is 0.864 bits per heavy atom. The van der Waals surface area contributed by atoms with Gasteiger partial charge in [-0.15, -0.1) is 0 Å². The van der Waals surface area contributed by atoms with Crippen molar-refractivity contribution in [2.45, 2.75) is 11.9 Å². The lowest BCUT2D eigenvalue weighted by molar-refractivity contribution is 0.0147. The molecule has 0 bridgehead atoms. The third-order valence-corrected chi connectivity index (χ3v) is 4.73. The van der Waals surface area contributed by atoms with E-state index < -0.39 is 26.2 Å². The fourth-order valence-corrected chi connectivity index (χ4v) is 3.29. The highest BCUT2D eigenvalue weighted by atomic mass is 31.2. The number of hydrogen-bond acceptors (Lipinski definition) is 6. The average molecular weight is 324 g/mol. The van der Waals surface area contributed by atoms with E-state index in [1.165, 1.54) is 0 Å². The third kappa shape index (κ3) is 4.08. The number of para-hydroxylation sites is 2. The van der Waals surface area contributed by atoms with E-state index in [1.807, 2.05) is 0 Å². The van der Waals surface area contributed by atoms with Gasteiger partial charge in [0.2, 0.25) is 5.85 Å². The van der Waals surface area contributed by atoms with Crippen LogP contribution in [0, 0.1) is 0 Å². The van der Waals surface area contributed by atoms with Crippen LogP contribution in [0.1, 0.15) is 0 Å². The summed E-state index contributed by atoms with van der Waals surface area (Å²) in [5.41, 5.74) is 0. The second-order valence-corrected chi connectivity index (χ2v) is 6.49. The van der Waals surface area contributed by atoms with Crippen LogP contribution in [0.5, 0.6) is 11.5 Å². The first-order valence-electron chi connectivity index (χ1n) is 6.61. The molecule has 0 heterocycles. The lowest BCUT2D eigenvalue weighted by Gasteiger charge is -2.26. The molecule has 0 aliphatic heterocycles. The molecule has 0 saturated heterocycles. The Morgan fingerprint density at radius 2 is 1.27 bits per heavy atom. The van der Waals surface area contributed by atoms with Gasteiger partial charge in [-0.2, -0.15) is 0 Å². The highest BCUT2D eigenvalue weighted by Crippen LogP contribution is 2.52. The summed E-state index contributed by atoms with van der Waals surface area (Å²) in [6.45, 7) is -0.776. The van der Waals surface area contributed by atoms with Gasteiger partial charge in [0, 0.05) is 0 Å². The van der Waals surface area contributed by atoms with Gasteiger partial charge in [-0.05, 0) is 24.3 Å². The molecule has 6 nitrogen and oxygen atoms in total. The van der Waals surface area contributed by atoms with Crippen LogP contribution in [0.25, 0.3) is 0 Å². The smallest absolute Gasteiger partial charge is 0.414 e. The zero-order valence-corrected chi connectivity index (χ0v) is 12.5. The van der Waals surface area contributed by atoms with Crippen LogP contribution in [0.2, 0.25) is 0 Å². The maximum Gasteiger partial charge on any atom is 0.461 e. The Bertz CT molecular complexity index is 573. The van der Waals surface area contributed by atoms with E-state index in [1.54, 1.807) is 60.7 Å². The quantitative estimate of drug-likeness (QED) is 0.674. The van der Waals surface area contributed by atoms with E-state index in [2.05, 4.69) is 0 Å². The van der Waals surface area contributed by atoms with Crippen molar-refractivity contribution >= 4 is 7.60 Å². The molecule has 7 heteroatoms. The van der Waals surface area contributed by atoms with Gasteiger partial charge in [0.05, 0.1) is 6.61 Å². The molecule has 0 spiro atoms. The summed E-state index contributed by atoms with van der Waals surface area (Å²) in [4.78, 5) is 0. The van der Waals surface area contributed by atoms with E-state index >= 15 is 0 Å². The predicted octanol–water partition coefficient (Wildman–Crippen LogP) is 2.01. The number of benzene rings is 2. The monoisotopic (exact) mass is 324 g/mol. The maximum absolute atomic E-state index is 12.9. The lowest BCUT2D eigenvalue weighted by Crippen LogP contribution is -2.32. The molecular weight excluding hydrogens is 307 g/mol. The molecule has 0 saturated carbocycles. The van der Waals surface area contributed by atoms with Crippen molar-refractivity contribution in [3.8, 4) is 11.5 Å². The van der Waals surface area contributed by atoms with Crippen molar-refractivity contribution in [2.24, 2.45) is 0 Å². The normalized spacial score (nSPS) is 14.1. The first-order valence-corrected chi connectivity index (χ1v) is 8.22. The van der Waals surface area contributed by atoms with Gasteiger partial charge in [-0.1, -0.05) is 36.4 Å². The van der Waals surface area contributed by atoms with Crippen LogP contribution >= 0.6 is 7.60 Å². The van der Waals surface area contributed by atoms with Crippen molar-refractivity contribution in [3.05, 3.63) is 60.7 Å². The topological polar surface area (TPSA) is 96.2 Å². The second kappa shape index (κ2) is 7.42. The van der Waals surface area contributed by atoms with Gasteiger partial charge in [0.25, 0.3) is 0 Å².